The summed E-state index contributed by atoms with van der Waals surface area (Å²) in [5.74, 6) is 0.547. The van der Waals surface area contributed by atoms with Crippen LogP contribution in [0.5, 0.6) is 0 Å². The monoisotopic (exact) mass is 672 g/mol. The van der Waals surface area contributed by atoms with Crippen molar-refractivity contribution >= 4 is 49.1 Å². The maximum absolute atomic E-state index is 11.7. The van der Waals surface area contributed by atoms with E-state index in [1.165, 1.54) is 27.6 Å². The van der Waals surface area contributed by atoms with E-state index in [9.17, 15) is 9.90 Å². The number of hydrogen-bond donors (Lipinski definition) is 1. The Labute approximate surface area is 232 Å². The Morgan fingerprint density at radius 3 is 2.19 bits per heavy atom. The van der Waals surface area contributed by atoms with Gasteiger partial charge in [-0.25, -0.2) is 4.98 Å². The number of aromatic nitrogens is 2. The van der Waals surface area contributed by atoms with Crippen LogP contribution < -0.4 is 0 Å². The molecule has 5 heteroatoms. The van der Waals surface area contributed by atoms with Crippen LogP contribution in [0.2, 0.25) is 0 Å². The Morgan fingerprint density at radius 2 is 1.54 bits per heavy atom. The molecule has 0 unspecified atom stereocenters. The molecule has 1 heterocycles. The molecule has 0 saturated carbocycles. The largest absolute Gasteiger partial charge is 0.512 e. The van der Waals surface area contributed by atoms with Crippen molar-refractivity contribution in [3.8, 4) is 0 Å². The van der Waals surface area contributed by atoms with E-state index in [2.05, 4.69) is 59.4 Å². The average molecular weight is 672 g/mol. The second kappa shape index (κ2) is 12.6. The number of aliphatic hydroxyl groups is 1. The quantitative estimate of drug-likeness (QED) is 0.0620. The minimum absolute atomic E-state index is 0. The van der Waals surface area contributed by atoms with Crippen molar-refractivity contribution in [3.63, 3.8) is 0 Å². The van der Waals surface area contributed by atoms with E-state index in [0.717, 1.165) is 53.1 Å². The fourth-order valence-electron chi connectivity index (χ4n) is 5.20. The van der Waals surface area contributed by atoms with Crippen LogP contribution in [0.3, 0.4) is 0 Å². The van der Waals surface area contributed by atoms with Gasteiger partial charge in [0.25, 0.3) is 0 Å². The molecule has 5 aromatic rings. The number of carbonyl (C=O) groups excluding carboxylic acids is 1. The van der Waals surface area contributed by atoms with Crippen LogP contribution in [0.15, 0.2) is 60.6 Å². The first-order valence-electron chi connectivity index (χ1n) is 13.1. The van der Waals surface area contributed by atoms with Crippen LogP contribution in [0.25, 0.3) is 43.4 Å². The van der Waals surface area contributed by atoms with Crippen molar-refractivity contribution in [2.75, 3.05) is 0 Å². The van der Waals surface area contributed by atoms with Gasteiger partial charge in [-0.1, -0.05) is 75.7 Å². The molecule has 0 amide bonds. The zero-order valence-corrected chi connectivity index (χ0v) is 24.7. The van der Waals surface area contributed by atoms with Crippen molar-refractivity contribution in [3.05, 3.63) is 72.3 Å². The van der Waals surface area contributed by atoms with Crippen LogP contribution in [-0.4, -0.2) is 20.9 Å². The predicted molar refractivity (Wildman–Crippen MR) is 151 cm³/mol. The van der Waals surface area contributed by atoms with E-state index in [1.54, 1.807) is 6.33 Å². The van der Waals surface area contributed by atoms with Crippen LogP contribution in [0.4, 0.5) is 0 Å². The van der Waals surface area contributed by atoms with E-state index in [4.69, 9.17) is 0 Å². The van der Waals surface area contributed by atoms with Gasteiger partial charge in [-0.3, -0.25) is 9.78 Å². The Bertz CT molecular complexity index is 1530. The van der Waals surface area contributed by atoms with Gasteiger partial charge in [0.2, 0.25) is 0 Å². The standard InChI is InChI=1S/C19H11N2.C13H24O2.Ir/c1-11-8-12-4-2-5-13-14-6-3-7-16-18(14)19(21-10-20-16)15(9-11)17(12)13;1-5-10(6-2)12(14)9-13(15)11(7-3)8-4;/h2-8,10H,1H3;9-11,14H,5-8H2,1-4H3;/q-1;;/b;12-9-;. The first kappa shape index (κ1) is 28.7. The number of aryl methyl sites for hydroxylation is 1. The molecule has 0 fully saturated rings. The summed E-state index contributed by atoms with van der Waals surface area (Å²) in [5.41, 5.74) is 3.14. The molecule has 0 aliphatic rings. The number of aliphatic hydroxyl groups excluding tert-OH is 1. The second-order valence-electron chi connectivity index (χ2n) is 9.52. The Morgan fingerprint density at radius 1 is 0.919 bits per heavy atom. The normalized spacial score (nSPS) is 11.9. The summed E-state index contributed by atoms with van der Waals surface area (Å²) in [7, 11) is 0. The summed E-state index contributed by atoms with van der Waals surface area (Å²) in [6.07, 6.45) is 6.56. The number of rotatable bonds is 7. The fraction of sp³-hybridized carbons (Fsp3) is 0.344. The van der Waals surface area contributed by atoms with E-state index in [-0.39, 0.29) is 43.5 Å². The van der Waals surface area contributed by atoms with E-state index < -0.39 is 0 Å². The van der Waals surface area contributed by atoms with Crippen molar-refractivity contribution in [2.24, 2.45) is 11.8 Å². The van der Waals surface area contributed by atoms with Crippen molar-refractivity contribution in [1.29, 1.82) is 0 Å². The minimum atomic E-state index is 0. The first-order chi connectivity index (χ1) is 17.4. The molecule has 0 saturated heterocycles. The molecule has 4 nitrogen and oxygen atoms in total. The number of fused-ring (bicyclic) bond motifs is 2. The van der Waals surface area contributed by atoms with Crippen molar-refractivity contribution in [2.45, 2.75) is 60.3 Å². The minimum Gasteiger partial charge on any atom is -0.512 e. The van der Waals surface area contributed by atoms with Gasteiger partial charge in [0.15, 0.2) is 5.78 Å². The fourth-order valence-corrected chi connectivity index (χ4v) is 5.20. The van der Waals surface area contributed by atoms with Crippen LogP contribution in [0, 0.1) is 24.8 Å². The van der Waals surface area contributed by atoms with E-state index >= 15 is 0 Å². The molecular formula is C32H35IrN2O2-. The maximum Gasteiger partial charge on any atom is 0.162 e. The van der Waals surface area contributed by atoms with Gasteiger partial charge in [-0.05, 0) is 42.5 Å². The summed E-state index contributed by atoms with van der Waals surface area (Å²) < 4.78 is 0. The summed E-state index contributed by atoms with van der Waals surface area (Å²) in [4.78, 5) is 20.7. The maximum atomic E-state index is 11.7. The Hall–Kier alpha value is -2.88. The molecule has 0 aliphatic carbocycles. The SMILES string of the molecule is CCC(CC)C(=O)/C=C(\O)C(CC)CC.Cc1[c-]c2c3ncnc4cccc(c5cccc(c1)c25)c43.[Ir]. The Balaban J connectivity index is 0.000000214. The molecule has 5 rings (SSSR count). The molecule has 0 aliphatic heterocycles. The summed E-state index contributed by atoms with van der Waals surface area (Å²) in [5, 5.41) is 17.0. The molecule has 4 aromatic carbocycles. The van der Waals surface area contributed by atoms with Gasteiger partial charge in [-0.2, -0.15) is 0 Å². The molecular weight excluding hydrogens is 637 g/mol. The van der Waals surface area contributed by atoms with Gasteiger partial charge in [-0.15, -0.1) is 28.5 Å². The number of ketones is 1. The zero-order valence-electron chi connectivity index (χ0n) is 22.3. The third kappa shape index (κ3) is 5.68. The van der Waals surface area contributed by atoms with Gasteiger partial charge >= 0.3 is 0 Å². The molecule has 0 atom stereocenters. The van der Waals surface area contributed by atoms with Gasteiger partial charge in [0.1, 0.15) is 6.33 Å². The van der Waals surface area contributed by atoms with Gasteiger partial charge in [0, 0.05) is 43.5 Å². The third-order valence-corrected chi connectivity index (χ3v) is 7.31. The van der Waals surface area contributed by atoms with E-state index in [1.807, 2.05) is 33.8 Å². The molecule has 1 aromatic heterocycles. The predicted octanol–water partition coefficient (Wildman–Crippen LogP) is 8.50. The molecule has 195 valence electrons. The second-order valence-corrected chi connectivity index (χ2v) is 9.52. The van der Waals surface area contributed by atoms with Crippen LogP contribution in [0.1, 0.15) is 58.9 Å². The summed E-state index contributed by atoms with van der Waals surface area (Å²) >= 11 is 0. The van der Waals surface area contributed by atoms with Gasteiger partial charge in [0.05, 0.1) is 11.3 Å². The summed E-state index contributed by atoms with van der Waals surface area (Å²) in [6, 6.07) is 18.4. The number of nitrogens with zero attached hydrogens (tertiary/aromatic N) is 2. The average Bonchev–Trinajstić information content (AvgIpc) is 2.88. The molecule has 37 heavy (non-hydrogen) atoms. The number of benzene rings is 4. The molecule has 1 N–H and O–H groups in total. The van der Waals surface area contributed by atoms with Crippen molar-refractivity contribution < 1.29 is 30.0 Å². The topological polar surface area (TPSA) is 63.1 Å². The zero-order chi connectivity index (χ0) is 25.8. The number of carbonyl (C=O) groups is 1. The summed E-state index contributed by atoms with van der Waals surface area (Å²) in [6.45, 7) is 10.2. The number of allylic oxidation sites excluding steroid dienone is 2. The molecule has 0 bridgehead atoms. The van der Waals surface area contributed by atoms with Crippen molar-refractivity contribution in [1.82, 2.24) is 9.97 Å². The smallest absolute Gasteiger partial charge is 0.162 e. The van der Waals surface area contributed by atoms with E-state index in [0.29, 0.717) is 0 Å². The van der Waals surface area contributed by atoms with Gasteiger partial charge < -0.3 is 5.11 Å². The third-order valence-electron chi connectivity index (χ3n) is 7.31. The van der Waals surface area contributed by atoms with Crippen LogP contribution in [-0.2, 0) is 24.9 Å². The Kier molecular flexibility index (Phi) is 9.75. The first-order valence-corrected chi connectivity index (χ1v) is 13.1. The molecule has 1 radical (unpaired) electrons. The number of hydrogen-bond acceptors (Lipinski definition) is 4. The van der Waals surface area contributed by atoms with Crippen LogP contribution >= 0.6 is 0 Å². The molecule has 0 spiro atoms.